The Kier molecular flexibility index (Phi) is 4.68. The fourth-order valence-corrected chi connectivity index (χ4v) is 2.99. The Hall–Kier alpha value is -1.86. The van der Waals surface area contributed by atoms with Crippen LogP contribution in [-0.2, 0) is 11.2 Å². The molecular formula is C16H19F2N3O2. The third-order valence-corrected chi connectivity index (χ3v) is 4.23. The number of methoxy groups -OCH3 is 1. The normalized spacial score (nSPS) is 21.9. The van der Waals surface area contributed by atoms with Gasteiger partial charge in [0.25, 0.3) is 0 Å². The smallest absolute Gasteiger partial charge is 0.244 e. The van der Waals surface area contributed by atoms with Crippen molar-refractivity contribution in [2.75, 3.05) is 20.2 Å². The van der Waals surface area contributed by atoms with Crippen molar-refractivity contribution >= 4 is 0 Å². The molecule has 1 aromatic heterocycles. The summed E-state index contributed by atoms with van der Waals surface area (Å²) in [6, 6.07) is 4.19. The van der Waals surface area contributed by atoms with E-state index >= 15 is 0 Å². The SMILES string of the molecule is CO[C@@H]1C[C@H](c2nc(C)no2)N(CCc2cccc(F)c2F)C1. The van der Waals surface area contributed by atoms with Crippen LogP contribution in [-0.4, -0.2) is 41.3 Å². The fourth-order valence-electron chi connectivity index (χ4n) is 2.99. The minimum atomic E-state index is -0.817. The first-order valence-corrected chi connectivity index (χ1v) is 7.58. The lowest BCUT2D eigenvalue weighted by molar-refractivity contribution is 0.108. The summed E-state index contributed by atoms with van der Waals surface area (Å²) in [6.45, 7) is 3.02. The molecule has 124 valence electrons. The minimum Gasteiger partial charge on any atom is -0.380 e. The van der Waals surface area contributed by atoms with E-state index in [0.717, 1.165) is 12.5 Å². The van der Waals surface area contributed by atoms with Crippen molar-refractivity contribution in [1.29, 1.82) is 0 Å². The summed E-state index contributed by atoms with van der Waals surface area (Å²) in [7, 11) is 1.66. The van der Waals surface area contributed by atoms with Crippen molar-refractivity contribution in [1.82, 2.24) is 15.0 Å². The van der Waals surface area contributed by atoms with Crippen LogP contribution in [0.1, 0.15) is 29.7 Å². The first kappa shape index (κ1) is 16.0. The van der Waals surface area contributed by atoms with Gasteiger partial charge >= 0.3 is 0 Å². The van der Waals surface area contributed by atoms with Gasteiger partial charge in [0, 0.05) is 20.2 Å². The number of likely N-dealkylation sites (tertiary alicyclic amines) is 1. The van der Waals surface area contributed by atoms with Crippen LogP contribution in [0.5, 0.6) is 0 Å². The predicted octanol–water partition coefficient (Wildman–Crippen LogP) is 2.66. The van der Waals surface area contributed by atoms with Crippen LogP contribution in [0, 0.1) is 18.6 Å². The van der Waals surface area contributed by atoms with E-state index < -0.39 is 11.6 Å². The number of halogens is 2. The second-order valence-corrected chi connectivity index (χ2v) is 5.75. The molecule has 1 aliphatic heterocycles. The number of hydrogen-bond acceptors (Lipinski definition) is 5. The van der Waals surface area contributed by atoms with Gasteiger partial charge in [-0.3, -0.25) is 4.90 Å². The summed E-state index contributed by atoms with van der Waals surface area (Å²) in [5, 5.41) is 3.83. The third-order valence-electron chi connectivity index (χ3n) is 4.23. The molecule has 0 unspecified atom stereocenters. The number of aryl methyl sites for hydroxylation is 1. The Morgan fingerprint density at radius 1 is 1.39 bits per heavy atom. The van der Waals surface area contributed by atoms with Crippen molar-refractivity contribution in [3.63, 3.8) is 0 Å². The molecule has 1 aliphatic rings. The van der Waals surface area contributed by atoms with Crippen molar-refractivity contribution in [3.05, 3.63) is 47.1 Å². The Morgan fingerprint density at radius 3 is 2.91 bits per heavy atom. The molecule has 3 rings (SSSR count). The highest BCUT2D eigenvalue weighted by Crippen LogP contribution is 2.32. The highest BCUT2D eigenvalue weighted by Gasteiger charge is 2.36. The first-order chi connectivity index (χ1) is 11.1. The van der Waals surface area contributed by atoms with Crippen LogP contribution in [0.15, 0.2) is 22.7 Å². The number of rotatable bonds is 5. The molecule has 5 nitrogen and oxygen atoms in total. The molecule has 1 saturated heterocycles. The molecule has 0 amide bonds. The molecule has 0 radical (unpaired) electrons. The molecule has 0 bridgehead atoms. The van der Waals surface area contributed by atoms with E-state index in [1.165, 1.54) is 6.07 Å². The highest BCUT2D eigenvalue weighted by atomic mass is 19.2. The molecule has 2 aromatic rings. The van der Waals surface area contributed by atoms with Gasteiger partial charge in [-0.15, -0.1) is 0 Å². The summed E-state index contributed by atoms with van der Waals surface area (Å²) in [5.41, 5.74) is 0.367. The van der Waals surface area contributed by atoms with Gasteiger partial charge in [-0.05, 0) is 31.4 Å². The zero-order chi connectivity index (χ0) is 16.4. The highest BCUT2D eigenvalue weighted by molar-refractivity contribution is 5.19. The van der Waals surface area contributed by atoms with E-state index in [0.29, 0.717) is 36.8 Å². The van der Waals surface area contributed by atoms with Crippen molar-refractivity contribution < 1.29 is 18.0 Å². The molecule has 23 heavy (non-hydrogen) atoms. The van der Waals surface area contributed by atoms with Crippen LogP contribution < -0.4 is 0 Å². The van der Waals surface area contributed by atoms with Gasteiger partial charge in [-0.25, -0.2) is 8.78 Å². The van der Waals surface area contributed by atoms with Crippen molar-refractivity contribution in [3.8, 4) is 0 Å². The third kappa shape index (κ3) is 3.40. The van der Waals surface area contributed by atoms with E-state index in [1.54, 1.807) is 20.1 Å². The van der Waals surface area contributed by atoms with Crippen molar-refractivity contribution in [2.24, 2.45) is 0 Å². The van der Waals surface area contributed by atoms with Gasteiger partial charge in [-0.2, -0.15) is 4.98 Å². The van der Waals surface area contributed by atoms with Crippen molar-refractivity contribution in [2.45, 2.75) is 31.9 Å². The Morgan fingerprint density at radius 2 is 2.22 bits per heavy atom. The minimum absolute atomic E-state index is 0.0576. The lowest BCUT2D eigenvalue weighted by Crippen LogP contribution is -2.28. The molecule has 2 atom stereocenters. The average molecular weight is 323 g/mol. The fraction of sp³-hybridized carbons (Fsp3) is 0.500. The second kappa shape index (κ2) is 6.72. The second-order valence-electron chi connectivity index (χ2n) is 5.75. The van der Waals surface area contributed by atoms with Gasteiger partial charge in [-0.1, -0.05) is 17.3 Å². The number of aromatic nitrogens is 2. The summed E-state index contributed by atoms with van der Waals surface area (Å²) in [6.07, 6.45) is 1.21. The molecule has 0 spiro atoms. The Balaban J connectivity index is 1.73. The molecule has 1 aromatic carbocycles. The topological polar surface area (TPSA) is 51.4 Å². The molecular weight excluding hydrogens is 304 g/mol. The number of benzene rings is 1. The standard InChI is InChI=1S/C16H19F2N3O2/c1-10-19-16(23-20-10)14-8-12(22-2)9-21(14)7-6-11-4-3-5-13(17)15(11)18/h3-5,12,14H,6-9H2,1-2H3/t12-,14-/m1/s1. The molecule has 0 N–H and O–H groups in total. The lowest BCUT2D eigenvalue weighted by atomic mass is 10.1. The maximum absolute atomic E-state index is 13.8. The van der Waals surface area contributed by atoms with Crippen LogP contribution in [0.25, 0.3) is 0 Å². The quantitative estimate of drug-likeness (QED) is 0.847. The molecule has 0 aliphatic carbocycles. The van der Waals surface area contributed by atoms with E-state index in [-0.39, 0.29) is 12.1 Å². The largest absolute Gasteiger partial charge is 0.380 e. The molecule has 0 saturated carbocycles. The number of nitrogens with zero attached hydrogens (tertiary/aromatic N) is 3. The average Bonchev–Trinajstić information content (AvgIpc) is 3.14. The summed E-state index contributed by atoms with van der Waals surface area (Å²) >= 11 is 0. The van der Waals surface area contributed by atoms with Crippen LogP contribution in [0.3, 0.4) is 0 Å². The number of ether oxygens (including phenoxy) is 1. The molecule has 1 fully saturated rings. The maximum atomic E-state index is 13.8. The van der Waals surface area contributed by atoms with Crippen LogP contribution in [0.4, 0.5) is 8.78 Å². The van der Waals surface area contributed by atoms with Gasteiger partial charge in [0.2, 0.25) is 5.89 Å². The van der Waals surface area contributed by atoms with Gasteiger partial charge in [0.05, 0.1) is 12.1 Å². The van der Waals surface area contributed by atoms with E-state index in [1.807, 2.05) is 0 Å². The zero-order valence-electron chi connectivity index (χ0n) is 13.1. The van der Waals surface area contributed by atoms with E-state index in [9.17, 15) is 8.78 Å². The predicted molar refractivity (Wildman–Crippen MR) is 78.8 cm³/mol. The van der Waals surface area contributed by atoms with Gasteiger partial charge in [0.15, 0.2) is 17.5 Å². The Labute approximate surface area is 133 Å². The maximum Gasteiger partial charge on any atom is 0.244 e. The molecule has 2 heterocycles. The first-order valence-electron chi connectivity index (χ1n) is 7.58. The Bertz CT molecular complexity index is 677. The van der Waals surface area contributed by atoms with Gasteiger partial charge < -0.3 is 9.26 Å². The summed E-state index contributed by atoms with van der Waals surface area (Å²) < 4.78 is 37.8. The number of hydrogen-bond donors (Lipinski definition) is 0. The zero-order valence-corrected chi connectivity index (χ0v) is 13.1. The van der Waals surface area contributed by atoms with E-state index in [4.69, 9.17) is 9.26 Å². The van der Waals surface area contributed by atoms with Gasteiger partial charge in [0.1, 0.15) is 0 Å². The van der Waals surface area contributed by atoms with Crippen LogP contribution in [0.2, 0.25) is 0 Å². The summed E-state index contributed by atoms with van der Waals surface area (Å²) in [5.74, 6) is -0.471. The molecule has 7 heteroatoms. The monoisotopic (exact) mass is 323 g/mol. The van der Waals surface area contributed by atoms with Crippen LogP contribution >= 0.6 is 0 Å². The summed E-state index contributed by atoms with van der Waals surface area (Å²) in [4.78, 5) is 6.41. The lowest BCUT2D eigenvalue weighted by Gasteiger charge is -2.21. The van der Waals surface area contributed by atoms with E-state index in [2.05, 4.69) is 15.0 Å².